The quantitative estimate of drug-likeness (QED) is 0.810. The highest BCUT2D eigenvalue weighted by Crippen LogP contribution is 2.50. The van der Waals surface area contributed by atoms with Crippen molar-refractivity contribution >= 4 is 0 Å². The lowest BCUT2D eigenvalue weighted by Gasteiger charge is -2.34. The third kappa shape index (κ3) is 2.75. The molecule has 3 rings (SSSR count). The van der Waals surface area contributed by atoms with Gasteiger partial charge in [0.2, 0.25) is 0 Å². The molecule has 104 valence electrons. The van der Waals surface area contributed by atoms with Gasteiger partial charge in [-0.1, -0.05) is 13.3 Å². The normalized spacial score (nSPS) is 41.2. The van der Waals surface area contributed by atoms with Gasteiger partial charge in [0.15, 0.2) is 0 Å². The van der Waals surface area contributed by atoms with Gasteiger partial charge in [-0.3, -0.25) is 0 Å². The van der Waals surface area contributed by atoms with Gasteiger partial charge >= 0.3 is 0 Å². The number of hydrogen-bond acceptors (Lipinski definition) is 2. The smallest absolute Gasteiger partial charge is 0.0509 e. The van der Waals surface area contributed by atoms with Crippen LogP contribution in [0.3, 0.4) is 0 Å². The summed E-state index contributed by atoms with van der Waals surface area (Å²) in [4.78, 5) is 0. The van der Waals surface area contributed by atoms with E-state index in [1.807, 2.05) is 0 Å². The van der Waals surface area contributed by atoms with E-state index in [4.69, 9.17) is 4.74 Å². The summed E-state index contributed by atoms with van der Waals surface area (Å²) in [6.07, 6.45) is 10.2. The van der Waals surface area contributed by atoms with Gasteiger partial charge in [0, 0.05) is 12.6 Å². The molecule has 2 bridgehead atoms. The lowest BCUT2D eigenvalue weighted by Crippen LogP contribution is -2.42. The van der Waals surface area contributed by atoms with Crippen molar-refractivity contribution in [1.29, 1.82) is 0 Å². The van der Waals surface area contributed by atoms with E-state index in [1.165, 1.54) is 38.5 Å². The van der Waals surface area contributed by atoms with Crippen LogP contribution in [0.2, 0.25) is 0 Å². The van der Waals surface area contributed by atoms with Gasteiger partial charge in [0.05, 0.1) is 6.61 Å². The van der Waals surface area contributed by atoms with Gasteiger partial charge in [-0.2, -0.15) is 0 Å². The Labute approximate surface area is 112 Å². The Hall–Kier alpha value is -0.0800. The first-order chi connectivity index (χ1) is 8.86. The number of hydrogen-bond donors (Lipinski definition) is 1. The predicted molar refractivity (Wildman–Crippen MR) is 74.6 cm³/mol. The second-order valence-electron chi connectivity index (χ2n) is 6.81. The van der Waals surface area contributed by atoms with Crippen LogP contribution >= 0.6 is 0 Å². The molecule has 0 aromatic heterocycles. The highest BCUT2D eigenvalue weighted by atomic mass is 16.5. The third-order valence-corrected chi connectivity index (χ3v) is 5.67. The summed E-state index contributed by atoms with van der Waals surface area (Å²) in [5, 5.41) is 3.76. The van der Waals surface area contributed by atoms with Gasteiger partial charge < -0.3 is 10.1 Å². The van der Waals surface area contributed by atoms with Crippen molar-refractivity contribution in [3.05, 3.63) is 0 Å². The van der Waals surface area contributed by atoms with Gasteiger partial charge in [-0.05, 0) is 68.7 Å². The fourth-order valence-electron chi connectivity index (χ4n) is 4.78. The number of ether oxygens (including phenoxy) is 1. The molecule has 2 saturated carbocycles. The summed E-state index contributed by atoms with van der Waals surface area (Å²) in [5.41, 5.74) is 0. The summed E-state index contributed by atoms with van der Waals surface area (Å²) in [6.45, 7) is 5.35. The molecule has 2 nitrogen and oxygen atoms in total. The molecule has 5 atom stereocenters. The van der Waals surface area contributed by atoms with E-state index >= 15 is 0 Å². The van der Waals surface area contributed by atoms with E-state index < -0.39 is 0 Å². The molecule has 5 unspecified atom stereocenters. The molecule has 1 N–H and O–H groups in total. The molecule has 18 heavy (non-hydrogen) atoms. The van der Waals surface area contributed by atoms with Crippen molar-refractivity contribution in [3.63, 3.8) is 0 Å². The summed E-state index contributed by atoms with van der Waals surface area (Å²) < 4.78 is 5.70. The lowest BCUT2D eigenvalue weighted by molar-refractivity contribution is 0.0337. The van der Waals surface area contributed by atoms with Crippen LogP contribution in [0, 0.1) is 23.7 Å². The Balaban J connectivity index is 1.55. The molecule has 1 aliphatic heterocycles. The van der Waals surface area contributed by atoms with Crippen molar-refractivity contribution in [2.24, 2.45) is 23.7 Å². The molecule has 3 aliphatic rings. The summed E-state index contributed by atoms with van der Waals surface area (Å²) in [5.74, 6) is 3.96. The number of rotatable bonds is 5. The Morgan fingerprint density at radius 1 is 1.22 bits per heavy atom. The molecule has 3 fully saturated rings. The third-order valence-electron chi connectivity index (χ3n) is 5.67. The summed E-state index contributed by atoms with van der Waals surface area (Å²) >= 11 is 0. The molecule has 1 heterocycles. The highest BCUT2D eigenvalue weighted by molar-refractivity contribution is 4.93. The van der Waals surface area contributed by atoms with Crippen molar-refractivity contribution < 1.29 is 4.74 Å². The van der Waals surface area contributed by atoms with Crippen LogP contribution in [0.15, 0.2) is 0 Å². The van der Waals surface area contributed by atoms with E-state index in [1.54, 1.807) is 6.42 Å². The SMILES string of the molecule is CCNC(CC1CC2CCC1C2)C1CCCOC1. The van der Waals surface area contributed by atoms with Crippen molar-refractivity contribution in [3.8, 4) is 0 Å². The highest BCUT2D eigenvalue weighted by Gasteiger charge is 2.41. The first-order valence-corrected chi connectivity index (χ1v) is 8.18. The fraction of sp³-hybridized carbons (Fsp3) is 1.00. The molecular formula is C16H29NO. The molecule has 2 heteroatoms. The van der Waals surface area contributed by atoms with Crippen molar-refractivity contribution in [1.82, 2.24) is 5.32 Å². The number of fused-ring (bicyclic) bond motifs is 2. The van der Waals surface area contributed by atoms with Crippen LogP contribution in [-0.2, 0) is 4.74 Å². The standard InChI is InChI=1S/C16H29NO/c1-2-17-16(14-4-3-7-18-11-14)10-15-9-12-5-6-13(15)8-12/h12-17H,2-11H2,1H3. The zero-order valence-corrected chi connectivity index (χ0v) is 11.9. The largest absolute Gasteiger partial charge is 0.381 e. The van der Waals surface area contributed by atoms with E-state index in [0.29, 0.717) is 0 Å². The first-order valence-electron chi connectivity index (χ1n) is 8.18. The van der Waals surface area contributed by atoms with Gasteiger partial charge in [0.1, 0.15) is 0 Å². The summed E-state index contributed by atoms with van der Waals surface area (Å²) in [6, 6.07) is 0.722. The summed E-state index contributed by atoms with van der Waals surface area (Å²) in [7, 11) is 0. The minimum absolute atomic E-state index is 0.722. The maximum absolute atomic E-state index is 5.70. The van der Waals surface area contributed by atoms with E-state index in [2.05, 4.69) is 12.2 Å². The Morgan fingerprint density at radius 3 is 2.78 bits per heavy atom. The Kier molecular flexibility index (Phi) is 4.25. The maximum atomic E-state index is 5.70. The molecule has 2 aliphatic carbocycles. The van der Waals surface area contributed by atoms with Gasteiger partial charge in [0.25, 0.3) is 0 Å². The fourth-order valence-corrected chi connectivity index (χ4v) is 4.78. The zero-order valence-electron chi connectivity index (χ0n) is 11.9. The van der Waals surface area contributed by atoms with Crippen molar-refractivity contribution in [2.45, 2.75) is 57.9 Å². The molecule has 0 spiro atoms. The molecule has 0 aromatic rings. The average molecular weight is 251 g/mol. The van der Waals surface area contributed by atoms with Crippen LogP contribution in [0.4, 0.5) is 0 Å². The Bertz CT molecular complexity index is 262. The first kappa shape index (κ1) is 12.9. The minimum Gasteiger partial charge on any atom is -0.381 e. The molecule has 0 radical (unpaired) electrons. The molecular weight excluding hydrogens is 222 g/mol. The van der Waals surface area contributed by atoms with Gasteiger partial charge in [-0.25, -0.2) is 0 Å². The van der Waals surface area contributed by atoms with Crippen molar-refractivity contribution in [2.75, 3.05) is 19.8 Å². The predicted octanol–water partition coefficient (Wildman–Crippen LogP) is 3.22. The van der Waals surface area contributed by atoms with E-state index in [0.717, 1.165) is 49.5 Å². The maximum Gasteiger partial charge on any atom is 0.0509 e. The topological polar surface area (TPSA) is 21.3 Å². The van der Waals surface area contributed by atoms with Crippen LogP contribution in [0.5, 0.6) is 0 Å². The molecule has 0 amide bonds. The van der Waals surface area contributed by atoms with Crippen LogP contribution in [0.25, 0.3) is 0 Å². The van der Waals surface area contributed by atoms with E-state index in [9.17, 15) is 0 Å². The monoisotopic (exact) mass is 251 g/mol. The van der Waals surface area contributed by atoms with Crippen LogP contribution in [-0.4, -0.2) is 25.8 Å². The van der Waals surface area contributed by atoms with Crippen LogP contribution < -0.4 is 5.32 Å². The average Bonchev–Trinajstić information content (AvgIpc) is 3.01. The lowest BCUT2D eigenvalue weighted by atomic mass is 9.80. The molecule has 1 saturated heterocycles. The zero-order chi connectivity index (χ0) is 12.4. The van der Waals surface area contributed by atoms with Gasteiger partial charge in [-0.15, -0.1) is 0 Å². The number of nitrogens with one attached hydrogen (secondary N) is 1. The second-order valence-corrected chi connectivity index (χ2v) is 6.81. The second kappa shape index (κ2) is 5.92. The molecule has 0 aromatic carbocycles. The van der Waals surface area contributed by atoms with Crippen LogP contribution in [0.1, 0.15) is 51.9 Å². The minimum atomic E-state index is 0.722. The van der Waals surface area contributed by atoms with E-state index in [-0.39, 0.29) is 0 Å². The Morgan fingerprint density at radius 2 is 2.17 bits per heavy atom.